The second kappa shape index (κ2) is 7.47. The molecule has 0 unspecified atom stereocenters. The number of halogens is 3. The Morgan fingerprint density at radius 1 is 1.15 bits per heavy atom. The molecular weight excluding hydrogens is 385 g/mol. The molecule has 10 heteroatoms. The van der Waals surface area contributed by atoms with Crippen LogP contribution in [0.4, 0.5) is 23.0 Å². The molecule has 2 aromatic rings. The predicted molar refractivity (Wildman–Crippen MR) is 94.8 cm³/mol. The molecule has 0 saturated carbocycles. The number of para-hydroxylation sites is 1. The number of alkyl halides is 3. The molecule has 1 aromatic heterocycles. The highest BCUT2D eigenvalue weighted by Crippen LogP contribution is 2.41. The summed E-state index contributed by atoms with van der Waals surface area (Å²) in [4.78, 5) is 23.9. The summed E-state index contributed by atoms with van der Waals surface area (Å²) in [5.41, 5.74) is 4.58. The van der Waals surface area contributed by atoms with E-state index in [-0.39, 0.29) is 21.0 Å². The van der Waals surface area contributed by atoms with E-state index in [0.29, 0.717) is 0 Å². The highest BCUT2D eigenvalue weighted by Gasteiger charge is 2.32. The number of carbonyl (C=O) groups is 2. The fourth-order valence-corrected chi connectivity index (χ4v) is 3.16. The van der Waals surface area contributed by atoms with E-state index in [4.69, 9.17) is 10.5 Å². The average molecular weight is 402 g/mol. The van der Waals surface area contributed by atoms with Gasteiger partial charge in [-0.25, -0.2) is 4.79 Å². The van der Waals surface area contributed by atoms with Crippen molar-refractivity contribution in [2.45, 2.75) is 32.7 Å². The summed E-state index contributed by atoms with van der Waals surface area (Å²) in [5.74, 6) is -1.29. The molecule has 0 aliphatic rings. The maximum atomic E-state index is 12.6. The first kappa shape index (κ1) is 20.6. The van der Waals surface area contributed by atoms with E-state index in [1.165, 1.54) is 24.3 Å². The van der Waals surface area contributed by atoms with Crippen LogP contribution in [-0.4, -0.2) is 24.0 Å². The lowest BCUT2D eigenvalue weighted by atomic mass is 10.1. The number of primary amides is 1. The van der Waals surface area contributed by atoms with Crippen LogP contribution in [0.1, 0.15) is 31.1 Å². The van der Waals surface area contributed by atoms with Crippen LogP contribution in [0.3, 0.4) is 0 Å². The van der Waals surface area contributed by atoms with Gasteiger partial charge in [-0.3, -0.25) is 10.1 Å². The SMILES string of the molecule is CC(C)(C)OC(=O)Nc1sc(-c2ccccc2OC(F)(F)F)cc1C(N)=O. The second-order valence-corrected chi connectivity index (χ2v) is 7.44. The summed E-state index contributed by atoms with van der Waals surface area (Å²) in [6.07, 6.45) is -5.70. The average Bonchev–Trinajstić information content (AvgIpc) is 2.87. The number of amides is 2. The standard InChI is InChI=1S/C17H17F3N2O4S/c1-16(2,3)26-15(24)22-14-10(13(21)23)8-12(27-14)9-6-4-5-7-11(9)25-17(18,19)20/h4-8H,1-3H3,(H2,21,23)(H,22,24). The van der Waals surface area contributed by atoms with E-state index in [1.807, 2.05) is 0 Å². The van der Waals surface area contributed by atoms with Crippen molar-refractivity contribution in [1.82, 2.24) is 0 Å². The van der Waals surface area contributed by atoms with Gasteiger partial charge in [-0.2, -0.15) is 0 Å². The Labute approximate surface area is 157 Å². The number of nitrogens with one attached hydrogen (secondary N) is 1. The number of carbonyl (C=O) groups excluding carboxylic acids is 2. The quantitative estimate of drug-likeness (QED) is 0.771. The molecule has 27 heavy (non-hydrogen) atoms. The van der Waals surface area contributed by atoms with Crippen molar-refractivity contribution in [2.75, 3.05) is 5.32 Å². The van der Waals surface area contributed by atoms with Crippen LogP contribution in [0.25, 0.3) is 10.4 Å². The number of rotatable bonds is 4. The zero-order valence-electron chi connectivity index (χ0n) is 14.6. The minimum Gasteiger partial charge on any atom is -0.444 e. The van der Waals surface area contributed by atoms with Gasteiger partial charge < -0.3 is 15.2 Å². The highest BCUT2D eigenvalue weighted by molar-refractivity contribution is 7.20. The molecule has 0 fully saturated rings. The maximum absolute atomic E-state index is 12.6. The summed E-state index contributed by atoms with van der Waals surface area (Å²) in [5, 5.41) is 2.46. The summed E-state index contributed by atoms with van der Waals surface area (Å²) in [7, 11) is 0. The number of benzene rings is 1. The Balaban J connectivity index is 2.41. The first-order valence-corrected chi connectivity index (χ1v) is 8.46. The van der Waals surface area contributed by atoms with Crippen LogP contribution in [0.5, 0.6) is 5.75 Å². The molecular formula is C17H17F3N2O4S. The molecule has 0 aliphatic heterocycles. The Hall–Kier alpha value is -2.75. The molecule has 0 aliphatic carbocycles. The van der Waals surface area contributed by atoms with Crippen molar-refractivity contribution in [1.29, 1.82) is 0 Å². The highest BCUT2D eigenvalue weighted by atomic mass is 32.1. The van der Waals surface area contributed by atoms with E-state index in [2.05, 4.69) is 10.1 Å². The molecule has 6 nitrogen and oxygen atoms in total. The van der Waals surface area contributed by atoms with E-state index >= 15 is 0 Å². The molecule has 2 amide bonds. The summed E-state index contributed by atoms with van der Waals surface area (Å²) in [6, 6.07) is 6.73. The third kappa shape index (κ3) is 5.88. The molecule has 3 N–H and O–H groups in total. The first-order valence-electron chi connectivity index (χ1n) is 7.64. The molecule has 0 radical (unpaired) electrons. The van der Waals surface area contributed by atoms with Crippen molar-refractivity contribution in [3.05, 3.63) is 35.9 Å². The minimum absolute atomic E-state index is 0.0531. The van der Waals surface area contributed by atoms with Crippen LogP contribution < -0.4 is 15.8 Å². The number of ether oxygens (including phenoxy) is 2. The number of anilines is 1. The van der Waals surface area contributed by atoms with Crippen LogP contribution in [0.2, 0.25) is 0 Å². The van der Waals surface area contributed by atoms with Gasteiger partial charge >= 0.3 is 12.5 Å². The Morgan fingerprint density at radius 2 is 1.78 bits per heavy atom. The Morgan fingerprint density at radius 3 is 2.33 bits per heavy atom. The monoisotopic (exact) mass is 402 g/mol. The van der Waals surface area contributed by atoms with Gasteiger partial charge in [-0.05, 0) is 39.0 Å². The summed E-state index contributed by atoms with van der Waals surface area (Å²) >= 11 is 0.875. The number of hydrogen-bond acceptors (Lipinski definition) is 5. The van der Waals surface area contributed by atoms with Crippen LogP contribution in [0.15, 0.2) is 30.3 Å². The van der Waals surface area contributed by atoms with Crippen molar-refractivity contribution < 1.29 is 32.2 Å². The zero-order valence-corrected chi connectivity index (χ0v) is 15.5. The normalized spacial score (nSPS) is 11.8. The molecule has 0 saturated heterocycles. The van der Waals surface area contributed by atoms with Gasteiger partial charge in [0.1, 0.15) is 16.4 Å². The lowest BCUT2D eigenvalue weighted by molar-refractivity contribution is -0.274. The smallest absolute Gasteiger partial charge is 0.444 e. The third-order valence-corrected chi connectivity index (χ3v) is 4.07. The molecule has 0 spiro atoms. The van der Waals surface area contributed by atoms with Gasteiger partial charge in [0.2, 0.25) is 0 Å². The molecule has 1 heterocycles. The molecule has 2 rings (SSSR count). The van der Waals surface area contributed by atoms with Crippen molar-refractivity contribution in [2.24, 2.45) is 5.73 Å². The van der Waals surface area contributed by atoms with Crippen molar-refractivity contribution in [3.8, 4) is 16.2 Å². The van der Waals surface area contributed by atoms with Crippen LogP contribution in [-0.2, 0) is 4.74 Å². The van der Waals surface area contributed by atoms with Gasteiger partial charge in [-0.1, -0.05) is 12.1 Å². The van der Waals surface area contributed by atoms with Gasteiger partial charge in [-0.15, -0.1) is 24.5 Å². The first-order chi connectivity index (χ1) is 12.4. The van der Waals surface area contributed by atoms with Gasteiger partial charge in [0.15, 0.2) is 0 Å². The zero-order chi connectivity index (χ0) is 20.4. The largest absolute Gasteiger partial charge is 0.573 e. The molecule has 1 aromatic carbocycles. The second-order valence-electron chi connectivity index (χ2n) is 6.39. The maximum Gasteiger partial charge on any atom is 0.573 e. The molecule has 146 valence electrons. The van der Waals surface area contributed by atoms with E-state index in [1.54, 1.807) is 20.8 Å². The third-order valence-electron chi connectivity index (χ3n) is 2.99. The van der Waals surface area contributed by atoms with Gasteiger partial charge in [0, 0.05) is 10.4 Å². The number of hydrogen-bond donors (Lipinski definition) is 2. The Kier molecular flexibility index (Phi) is 5.69. The molecule has 0 bridgehead atoms. The predicted octanol–water partition coefficient (Wildman–Crippen LogP) is 4.76. The number of thiophene rings is 1. The van der Waals surface area contributed by atoms with E-state index in [0.717, 1.165) is 17.4 Å². The van der Waals surface area contributed by atoms with Gasteiger partial charge in [0.05, 0.1) is 5.56 Å². The number of nitrogens with two attached hydrogens (primary N) is 1. The van der Waals surface area contributed by atoms with Gasteiger partial charge in [0.25, 0.3) is 5.91 Å². The van der Waals surface area contributed by atoms with Crippen molar-refractivity contribution in [3.63, 3.8) is 0 Å². The van der Waals surface area contributed by atoms with Crippen LogP contribution >= 0.6 is 11.3 Å². The fraction of sp³-hybridized carbons (Fsp3) is 0.294. The Bertz CT molecular complexity index is 857. The summed E-state index contributed by atoms with van der Waals surface area (Å²) < 4.78 is 47.0. The topological polar surface area (TPSA) is 90.7 Å². The lowest BCUT2D eigenvalue weighted by Gasteiger charge is -2.19. The van der Waals surface area contributed by atoms with E-state index in [9.17, 15) is 22.8 Å². The lowest BCUT2D eigenvalue weighted by Crippen LogP contribution is -2.27. The fourth-order valence-electron chi connectivity index (χ4n) is 2.08. The summed E-state index contributed by atoms with van der Waals surface area (Å²) in [6.45, 7) is 4.98. The van der Waals surface area contributed by atoms with Crippen molar-refractivity contribution >= 4 is 28.3 Å². The minimum atomic E-state index is -4.88. The van der Waals surface area contributed by atoms with E-state index < -0.39 is 29.7 Å². The molecule has 0 atom stereocenters. The van der Waals surface area contributed by atoms with Crippen LogP contribution in [0, 0.1) is 0 Å².